The number of aryl methyl sites for hydroxylation is 2. The molecule has 0 saturated carbocycles. The van der Waals surface area contributed by atoms with Crippen molar-refractivity contribution in [2.75, 3.05) is 0 Å². The molecular weight excluding hydrogens is 312 g/mol. The molecule has 0 aliphatic heterocycles. The van der Waals surface area contributed by atoms with E-state index in [2.05, 4.69) is 4.98 Å². The molecule has 0 radical (unpaired) electrons. The molecule has 4 aromatic rings. The predicted molar refractivity (Wildman–Crippen MR) is 91.2 cm³/mol. The second kappa shape index (κ2) is 4.66. The molecule has 0 aliphatic rings. The smallest absolute Gasteiger partial charge is 0.279 e. The normalized spacial score (nSPS) is 11.6. The van der Waals surface area contributed by atoms with Gasteiger partial charge >= 0.3 is 5.69 Å². The van der Waals surface area contributed by atoms with Crippen molar-refractivity contribution in [3.05, 3.63) is 56.0 Å². The molecule has 1 aromatic carbocycles. The minimum Gasteiger partial charge on any atom is -0.279 e. The van der Waals surface area contributed by atoms with Crippen molar-refractivity contribution in [1.29, 1.82) is 0 Å². The Morgan fingerprint density at radius 1 is 1.04 bits per heavy atom. The zero-order valence-corrected chi connectivity index (χ0v) is 13.7. The van der Waals surface area contributed by atoms with Crippen LogP contribution < -0.4 is 11.2 Å². The molecule has 7 heteroatoms. The van der Waals surface area contributed by atoms with Crippen molar-refractivity contribution in [2.24, 2.45) is 14.1 Å². The van der Waals surface area contributed by atoms with Crippen LogP contribution in [0, 0.1) is 6.92 Å². The molecule has 0 amide bonds. The number of hydrogen-bond acceptors (Lipinski definition) is 4. The van der Waals surface area contributed by atoms with E-state index in [-0.39, 0.29) is 11.2 Å². The molecule has 0 N–H and O–H groups in total. The van der Waals surface area contributed by atoms with Gasteiger partial charge in [0.25, 0.3) is 5.56 Å². The summed E-state index contributed by atoms with van der Waals surface area (Å²) in [6.07, 6.45) is 0. The largest absolute Gasteiger partial charge is 0.332 e. The molecule has 6 nitrogen and oxygen atoms in total. The number of benzene rings is 1. The van der Waals surface area contributed by atoms with Crippen LogP contribution in [0.3, 0.4) is 0 Å². The zero-order chi connectivity index (χ0) is 16.3. The molecule has 23 heavy (non-hydrogen) atoms. The van der Waals surface area contributed by atoms with Gasteiger partial charge in [0.15, 0.2) is 16.1 Å². The van der Waals surface area contributed by atoms with E-state index in [0.717, 1.165) is 15.8 Å². The fraction of sp³-hybridized carbons (Fsp3) is 0.188. The van der Waals surface area contributed by atoms with Gasteiger partial charge in [-0.1, -0.05) is 29.8 Å². The van der Waals surface area contributed by atoms with E-state index in [4.69, 9.17) is 0 Å². The SMILES string of the molecule is Cc1ccc(-c2csc3nc4c(c(=O)n(C)c(=O)n4C)n23)cc1. The minimum atomic E-state index is -0.370. The Labute approximate surface area is 134 Å². The first-order valence-corrected chi connectivity index (χ1v) is 7.99. The fourth-order valence-electron chi connectivity index (χ4n) is 2.76. The molecule has 0 spiro atoms. The van der Waals surface area contributed by atoms with Gasteiger partial charge in [-0.25, -0.2) is 9.78 Å². The summed E-state index contributed by atoms with van der Waals surface area (Å²) in [6.45, 7) is 2.03. The van der Waals surface area contributed by atoms with E-state index >= 15 is 0 Å². The van der Waals surface area contributed by atoms with E-state index < -0.39 is 0 Å². The van der Waals surface area contributed by atoms with Gasteiger partial charge < -0.3 is 0 Å². The van der Waals surface area contributed by atoms with E-state index in [0.29, 0.717) is 16.1 Å². The molecule has 3 heterocycles. The number of aromatic nitrogens is 4. The second-order valence-corrected chi connectivity index (χ2v) is 6.43. The van der Waals surface area contributed by atoms with Gasteiger partial charge in [0.05, 0.1) is 5.69 Å². The van der Waals surface area contributed by atoms with E-state index in [1.807, 2.05) is 41.0 Å². The Morgan fingerprint density at radius 3 is 2.43 bits per heavy atom. The minimum absolute atomic E-state index is 0.331. The van der Waals surface area contributed by atoms with E-state index in [1.165, 1.54) is 28.5 Å². The molecule has 0 fully saturated rings. The van der Waals surface area contributed by atoms with Gasteiger partial charge in [-0.05, 0) is 12.5 Å². The fourth-order valence-corrected chi connectivity index (χ4v) is 3.65. The monoisotopic (exact) mass is 326 g/mol. The summed E-state index contributed by atoms with van der Waals surface area (Å²) in [5.74, 6) is 0. The first-order chi connectivity index (χ1) is 11.0. The molecule has 0 saturated heterocycles. The number of thiazole rings is 1. The van der Waals surface area contributed by atoms with Crippen molar-refractivity contribution < 1.29 is 0 Å². The Kier molecular flexibility index (Phi) is 2.83. The highest BCUT2D eigenvalue weighted by atomic mass is 32.1. The van der Waals surface area contributed by atoms with Crippen molar-refractivity contribution in [2.45, 2.75) is 6.92 Å². The maximum Gasteiger partial charge on any atom is 0.332 e. The molecule has 0 unspecified atom stereocenters. The molecule has 0 atom stereocenters. The Bertz CT molecular complexity index is 1180. The third-order valence-electron chi connectivity index (χ3n) is 4.09. The highest BCUT2D eigenvalue weighted by molar-refractivity contribution is 7.15. The lowest BCUT2D eigenvalue weighted by atomic mass is 10.1. The molecule has 0 aliphatic carbocycles. The van der Waals surface area contributed by atoms with Crippen LogP contribution in [0.5, 0.6) is 0 Å². The Balaban J connectivity index is 2.19. The van der Waals surface area contributed by atoms with Gasteiger partial charge in [-0.2, -0.15) is 0 Å². The summed E-state index contributed by atoms with van der Waals surface area (Å²) in [6, 6.07) is 8.11. The topological polar surface area (TPSA) is 61.3 Å². The summed E-state index contributed by atoms with van der Waals surface area (Å²) in [7, 11) is 3.12. The second-order valence-electron chi connectivity index (χ2n) is 5.59. The summed E-state index contributed by atoms with van der Waals surface area (Å²) in [5.41, 5.74) is 3.24. The van der Waals surface area contributed by atoms with Crippen molar-refractivity contribution in [3.8, 4) is 11.3 Å². The quantitative estimate of drug-likeness (QED) is 0.537. The average Bonchev–Trinajstić information content (AvgIpc) is 3.11. The molecule has 4 rings (SSSR count). The standard InChI is InChI=1S/C16H14N4O2S/c1-9-4-6-10(7-5-9)11-8-23-15-17-13-12(20(11)15)14(21)19(3)16(22)18(13)2/h4-8H,1-3H3. The van der Waals surface area contributed by atoms with E-state index in [9.17, 15) is 9.59 Å². The lowest BCUT2D eigenvalue weighted by molar-refractivity contribution is 0.708. The highest BCUT2D eigenvalue weighted by Gasteiger charge is 2.19. The predicted octanol–water partition coefficient (Wildman–Crippen LogP) is 1.92. The van der Waals surface area contributed by atoms with Gasteiger partial charge in [0.2, 0.25) is 0 Å². The number of hydrogen-bond donors (Lipinski definition) is 0. The van der Waals surface area contributed by atoms with Crippen LogP contribution in [0.25, 0.3) is 27.4 Å². The number of imidazole rings is 1. The van der Waals surface area contributed by atoms with Crippen molar-refractivity contribution >= 4 is 27.5 Å². The van der Waals surface area contributed by atoms with Crippen LogP contribution in [0.2, 0.25) is 0 Å². The first-order valence-electron chi connectivity index (χ1n) is 7.12. The average molecular weight is 326 g/mol. The Morgan fingerprint density at radius 2 is 1.74 bits per heavy atom. The lowest BCUT2D eigenvalue weighted by Crippen LogP contribution is -2.37. The van der Waals surface area contributed by atoms with Gasteiger partial charge in [0.1, 0.15) is 0 Å². The number of fused-ring (bicyclic) bond motifs is 3. The summed E-state index contributed by atoms with van der Waals surface area (Å²) in [5, 5.41) is 1.98. The summed E-state index contributed by atoms with van der Waals surface area (Å²) in [4.78, 5) is 29.9. The Hall–Kier alpha value is -2.67. The third kappa shape index (κ3) is 1.83. The van der Waals surface area contributed by atoms with Crippen molar-refractivity contribution in [3.63, 3.8) is 0 Å². The van der Waals surface area contributed by atoms with Crippen LogP contribution in [-0.2, 0) is 14.1 Å². The van der Waals surface area contributed by atoms with Crippen LogP contribution >= 0.6 is 11.3 Å². The van der Waals surface area contributed by atoms with Gasteiger partial charge in [0, 0.05) is 19.5 Å². The zero-order valence-electron chi connectivity index (χ0n) is 12.9. The molecule has 116 valence electrons. The van der Waals surface area contributed by atoms with Crippen LogP contribution in [-0.4, -0.2) is 18.5 Å². The van der Waals surface area contributed by atoms with Gasteiger partial charge in [-0.15, -0.1) is 11.3 Å². The molecule has 3 aromatic heterocycles. The summed E-state index contributed by atoms with van der Waals surface area (Å²) < 4.78 is 4.37. The van der Waals surface area contributed by atoms with Crippen LogP contribution in [0.1, 0.15) is 5.56 Å². The number of nitrogens with zero attached hydrogens (tertiary/aromatic N) is 4. The molecular formula is C16H14N4O2S. The third-order valence-corrected chi connectivity index (χ3v) is 4.92. The highest BCUT2D eigenvalue weighted by Crippen LogP contribution is 2.28. The summed E-state index contributed by atoms with van der Waals surface area (Å²) >= 11 is 1.46. The van der Waals surface area contributed by atoms with Crippen LogP contribution in [0.15, 0.2) is 39.2 Å². The van der Waals surface area contributed by atoms with Crippen LogP contribution in [0.4, 0.5) is 0 Å². The molecule has 0 bridgehead atoms. The van der Waals surface area contributed by atoms with Crippen molar-refractivity contribution in [1.82, 2.24) is 18.5 Å². The maximum atomic E-state index is 12.6. The number of rotatable bonds is 1. The maximum absolute atomic E-state index is 12.6. The first kappa shape index (κ1) is 14.0. The lowest BCUT2D eigenvalue weighted by Gasteiger charge is -2.04. The van der Waals surface area contributed by atoms with E-state index in [1.54, 1.807) is 7.05 Å². The van der Waals surface area contributed by atoms with Gasteiger partial charge in [-0.3, -0.25) is 18.3 Å².